The molecule has 0 unspecified atom stereocenters. The van der Waals surface area contributed by atoms with E-state index >= 15 is 0 Å². The van der Waals surface area contributed by atoms with Crippen molar-refractivity contribution in [2.75, 3.05) is 0 Å². The van der Waals surface area contributed by atoms with E-state index < -0.39 is 0 Å². The van der Waals surface area contributed by atoms with Gasteiger partial charge in [0.1, 0.15) is 10.6 Å². The molecule has 3 heterocycles. The maximum Gasteiger partial charge on any atom is 0.164 e. The first-order valence-electron chi connectivity index (χ1n) is 20.2. The predicted octanol–water partition coefficient (Wildman–Crippen LogP) is 15.6. The Morgan fingerprint density at radius 3 is 2.12 bits per heavy atom. The van der Waals surface area contributed by atoms with E-state index in [1.54, 1.807) is 11.3 Å². The van der Waals surface area contributed by atoms with Crippen LogP contribution in [0.1, 0.15) is 123 Å². The summed E-state index contributed by atoms with van der Waals surface area (Å²) >= 11 is 3.67. The molecule has 3 nitrogen and oxygen atoms in total. The Balaban J connectivity index is 0.000000330. The molecule has 0 bridgehead atoms. The number of benzene rings is 3. The topological polar surface area (TPSA) is 50.2 Å². The van der Waals surface area contributed by atoms with Crippen LogP contribution < -0.4 is 0 Å². The molecule has 6 rings (SSSR count). The van der Waals surface area contributed by atoms with Crippen molar-refractivity contribution < 1.29 is 30.0 Å². The number of aryl methyl sites for hydroxylation is 2. The monoisotopic (exact) mass is 965 g/mol. The number of aliphatic hydroxyl groups is 1. The number of rotatable bonds is 11. The summed E-state index contributed by atoms with van der Waals surface area (Å²) in [5.74, 6) is 0.937. The number of allylic oxidation sites excluding steroid dienone is 2. The summed E-state index contributed by atoms with van der Waals surface area (Å²) in [5, 5.41) is 17.5. The Labute approximate surface area is 358 Å². The van der Waals surface area contributed by atoms with Gasteiger partial charge in [-0.3, -0.25) is 9.78 Å². The first-order valence-corrected chi connectivity index (χ1v) is 21.9. The number of aromatic nitrogens is 1. The number of nitrogens with zero attached hydrogens (tertiary/aromatic N) is 1. The van der Waals surface area contributed by atoms with Crippen molar-refractivity contribution in [1.82, 2.24) is 4.98 Å². The third kappa shape index (κ3) is 9.41. The zero-order chi connectivity index (χ0) is 40.5. The SMILES string of the molecule is CCC(C)(CC)C(=O)/C=C(\O)C(C)(CC)CC.Cc1sc2cc(-c3cc(-c4[c-]c5ccccc5c(C(C)(C)C)c4)nc4scc(C)c34)ccc2c1CC(C)C.[Ir]. The van der Waals surface area contributed by atoms with Gasteiger partial charge in [0, 0.05) is 57.7 Å². The molecule has 0 amide bonds. The van der Waals surface area contributed by atoms with Gasteiger partial charge >= 0.3 is 0 Å². The molecule has 0 spiro atoms. The summed E-state index contributed by atoms with van der Waals surface area (Å²) in [7, 11) is 0. The van der Waals surface area contributed by atoms with Gasteiger partial charge in [-0.1, -0.05) is 124 Å². The third-order valence-electron chi connectivity index (χ3n) is 12.1. The van der Waals surface area contributed by atoms with E-state index in [9.17, 15) is 9.90 Å². The molecule has 301 valence electrons. The van der Waals surface area contributed by atoms with Crippen molar-refractivity contribution in [3.05, 3.63) is 99.4 Å². The van der Waals surface area contributed by atoms with E-state index in [4.69, 9.17) is 4.98 Å². The molecule has 0 saturated carbocycles. The molecule has 0 aliphatic carbocycles. The van der Waals surface area contributed by atoms with Crippen LogP contribution in [0.2, 0.25) is 0 Å². The van der Waals surface area contributed by atoms with Crippen LogP contribution in [0.5, 0.6) is 0 Å². The van der Waals surface area contributed by atoms with E-state index in [1.807, 2.05) is 52.9 Å². The summed E-state index contributed by atoms with van der Waals surface area (Å²) in [6.07, 6.45) is 5.89. The van der Waals surface area contributed by atoms with Gasteiger partial charge in [0.25, 0.3) is 0 Å². The van der Waals surface area contributed by atoms with Crippen molar-refractivity contribution in [3.63, 3.8) is 0 Å². The van der Waals surface area contributed by atoms with Gasteiger partial charge in [-0.05, 0) is 96.4 Å². The Kier molecular flexibility index (Phi) is 14.8. The number of ketones is 1. The summed E-state index contributed by atoms with van der Waals surface area (Å²) in [6, 6.07) is 24.0. The van der Waals surface area contributed by atoms with Gasteiger partial charge in [0.15, 0.2) is 5.78 Å². The minimum atomic E-state index is -0.337. The van der Waals surface area contributed by atoms with E-state index in [1.165, 1.54) is 59.6 Å². The number of carbonyl (C=O) groups excluding carboxylic acids is 1. The van der Waals surface area contributed by atoms with Gasteiger partial charge in [0.05, 0.1) is 0 Å². The summed E-state index contributed by atoms with van der Waals surface area (Å²) in [5.41, 5.74) is 8.14. The maximum atomic E-state index is 12.2. The second-order valence-electron chi connectivity index (χ2n) is 17.4. The molecule has 1 radical (unpaired) electrons. The van der Waals surface area contributed by atoms with Gasteiger partial charge in [0.2, 0.25) is 0 Å². The van der Waals surface area contributed by atoms with Gasteiger partial charge in [-0.15, -0.1) is 51.8 Å². The maximum absolute atomic E-state index is 12.2. The fraction of sp³-hybridized carbons (Fsp3) is 0.440. The second-order valence-corrected chi connectivity index (χ2v) is 19.5. The Morgan fingerprint density at radius 1 is 0.875 bits per heavy atom. The number of thiophene rings is 2. The number of hydrogen-bond donors (Lipinski definition) is 1. The van der Waals surface area contributed by atoms with E-state index in [2.05, 4.69) is 115 Å². The van der Waals surface area contributed by atoms with Crippen LogP contribution in [-0.4, -0.2) is 15.9 Å². The average Bonchev–Trinajstić information content (AvgIpc) is 3.69. The molecular weight excluding hydrogens is 903 g/mol. The number of aliphatic hydroxyl groups excluding tert-OH is 1. The van der Waals surface area contributed by atoms with Crippen LogP contribution in [0.3, 0.4) is 0 Å². The van der Waals surface area contributed by atoms with E-state index in [0.29, 0.717) is 5.92 Å². The predicted molar refractivity (Wildman–Crippen MR) is 242 cm³/mol. The Bertz CT molecular complexity index is 2340. The number of carbonyl (C=O) groups is 1. The zero-order valence-corrected chi connectivity index (χ0v) is 39.9. The molecule has 6 heteroatoms. The molecular formula is C50H62IrNO2S2-. The van der Waals surface area contributed by atoms with E-state index in [-0.39, 0.29) is 47.9 Å². The summed E-state index contributed by atoms with van der Waals surface area (Å²) < 4.78 is 1.38. The van der Waals surface area contributed by atoms with Crippen molar-refractivity contribution in [2.24, 2.45) is 16.7 Å². The summed E-state index contributed by atoms with van der Waals surface area (Å²) in [6.45, 7) is 28.0. The smallest absolute Gasteiger partial charge is 0.164 e. The van der Waals surface area contributed by atoms with Crippen molar-refractivity contribution in [1.29, 1.82) is 0 Å². The minimum absolute atomic E-state index is 0. The molecule has 0 saturated heterocycles. The molecule has 3 aromatic heterocycles. The quantitative estimate of drug-likeness (QED) is 0.0800. The third-order valence-corrected chi connectivity index (χ3v) is 14.2. The van der Waals surface area contributed by atoms with Crippen LogP contribution >= 0.6 is 22.7 Å². The molecule has 3 aromatic carbocycles. The average molecular weight is 965 g/mol. The fourth-order valence-corrected chi connectivity index (χ4v) is 9.41. The van der Waals surface area contributed by atoms with Gasteiger partial charge < -0.3 is 5.11 Å². The molecule has 0 aliphatic rings. The summed E-state index contributed by atoms with van der Waals surface area (Å²) in [4.78, 5) is 19.9. The van der Waals surface area contributed by atoms with Gasteiger partial charge in [-0.25, -0.2) is 0 Å². The van der Waals surface area contributed by atoms with Crippen LogP contribution in [0, 0.1) is 36.7 Å². The number of hydrogen-bond acceptors (Lipinski definition) is 5. The molecule has 0 atom stereocenters. The van der Waals surface area contributed by atoms with Crippen molar-refractivity contribution in [3.8, 4) is 22.4 Å². The first kappa shape index (κ1) is 45.6. The normalized spacial score (nSPS) is 12.6. The van der Waals surface area contributed by atoms with Crippen LogP contribution in [0.4, 0.5) is 0 Å². The minimum Gasteiger partial charge on any atom is -0.512 e. The molecule has 1 N–H and O–H groups in total. The zero-order valence-electron chi connectivity index (χ0n) is 35.9. The first-order chi connectivity index (χ1) is 25.9. The molecule has 6 aromatic rings. The Morgan fingerprint density at radius 2 is 1.52 bits per heavy atom. The standard InChI is InChI=1S/C35H34NS2.C15H28O2.Ir/c1-20(2)14-28-22(4)38-32-17-24(12-13-27(28)32)29-18-31(36-34-33(29)21(3)19-37-34)25-15-23-10-8-9-11-26(23)30(16-25)35(5,6)7;1-7-14(5,8-2)12(16)11-13(17)15(6,9-3)10-4;/h8-13,16-20H,14H2,1-7H3;11,16H,7-10H2,1-6H3;/q-1;;/b;12-11-;. The van der Waals surface area contributed by atoms with Crippen molar-refractivity contribution in [2.45, 2.75) is 128 Å². The number of fused-ring (bicyclic) bond motifs is 3. The largest absolute Gasteiger partial charge is 0.512 e. The fourth-order valence-electron chi connectivity index (χ4n) is 7.33. The van der Waals surface area contributed by atoms with Crippen LogP contribution in [0.15, 0.2) is 71.8 Å². The van der Waals surface area contributed by atoms with Crippen molar-refractivity contribution >= 4 is 59.5 Å². The van der Waals surface area contributed by atoms with Crippen LogP contribution in [0.25, 0.3) is 53.5 Å². The number of pyridine rings is 1. The molecule has 0 fully saturated rings. The van der Waals surface area contributed by atoms with Crippen LogP contribution in [-0.2, 0) is 36.7 Å². The Hall–Kier alpha value is -3.15. The molecule has 0 aliphatic heterocycles. The second kappa shape index (κ2) is 18.2. The molecule has 56 heavy (non-hydrogen) atoms. The van der Waals surface area contributed by atoms with E-state index in [0.717, 1.165) is 53.6 Å². The van der Waals surface area contributed by atoms with Gasteiger partial charge in [-0.2, -0.15) is 0 Å².